The van der Waals surface area contributed by atoms with Crippen molar-refractivity contribution in [1.82, 2.24) is 10.0 Å². The van der Waals surface area contributed by atoms with Gasteiger partial charge in [0.15, 0.2) is 5.78 Å². The number of Topliss-reactive ketones (excluding diaryl/α,β-unsaturated/α-hetero) is 1. The fourth-order valence-corrected chi connectivity index (χ4v) is 3.90. The molecule has 2 atom stereocenters. The Bertz CT molecular complexity index is 736. The Balaban J connectivity index is 1.91. The minimum absolute atomic E-state index is 0.131. The van der Waals surface area contributed by atoms with E-state index in [-0.39, 0.29) is 18.3 Å². The Labute approximate surface area is 140 Å². The zero-order valence-corrected chi connectivity index (χ0v) is 13.6. The maximum Gasteiger partial charge on any atom is 0.335 e. The predicted octanol–water partition coefficient (Wildman–Crippen LogP) is 1.92. The summed E-state index contributed by atoms with van der Waals surface area (Å²) in [6, 6.07) is 6.50. The Morgan fingerprint density at radius 3 is 2.67 bits per heavy atom. The third-order valence-corrected chi connectivity index (χ3v) is 5.01. The van der Waals surface area contributed by atoms with E-state index >= 15 is 0 Å². The SMILES string of the molecule is CC1Oc2ccccc2C2=C1CC(=O)C(C(=O)O)N2N1CCCC1. The lowest BCUT2D eigenvalue weighted by atomic mass is 9.88. The lowest BCUT2D eigenvalue weighted by molar-refractivity contribution is -0.153. The van der Waals surface area contributed by atoms with Gasteiger partial charge in [0, 0.05) is 30.6 Å². The monoisotopic (exact) mass is 328 g/mol. The van der Waals surface area contributed by atoms with Crippen LogP contribution in [-0.4, -0.2) is 52.1 Å². The van der Waals surface area contributed by atoms with Gasteiger partial charge < -0.3 is 9.84 Å². The van der Waals surface area contributed by atoms with Crippen molar-refractivity contribution >= 4 is 17.4 Å². The fraction of sp³-hybridized carbons (Fsp3) is 0.444. The van der Waals surface area contributed by atoms with Gasteiger partial charge in [0.05, 0.1) is 5.70 Å². The molecule has 1 N–H and O–H groups in total. The van der Waals surface area contributed by atoms with E-state index in [0.29, 0.717) is 0 Å². The summed E-state index contributed by atoms with van der Waals surface area (Å²) >= 11 is 0. The average molecular weight is 328 g/mol. The number of fused-ring (bicyclic) bond motifs is 2. The highest BCUT2D eigenvalue weighted by atomic mass is 16.5. The Morgan fingerprint density at radius 1 is 1.25 bits per heavy atom. The first-order chi connectivity index (χ1) is 11.6. The van der Waals surface area contributed by atoms with Gasteiger partial charge in [-0.25, -0.2) is 9.80 Å². The van der Waals surface area contributed by atoms with Crippen LogP contribution in [0.5, 0.6) is 5.75 Å². The van der Waals surface area contributed by atoms with Crippen LogP contribution in [-0.2, 0) is 9.59 Å². The third kappa shape index (κ3) is 2.21. The smallest absolute Gasteiger partial charge is 0.335 e. The molecule has 126 valence electrons. The summed E-state index contributed by atoms with van der Waals surface area (Å²) in [6.07, 6.45) is 1.91. The molecule has 1 fully saturated rings. The van der Waals surface area contributed by atoms with Crippen molar-refractivity contribution in [3.63, 3.8) is 0 Å². The summed E-state index contributed by atoms with van der Waals surface area (Å²) < 4.78 is 5.95. The molecule has 4 rings (SSSR count). The third-order valence-electron chi connectivity index (χ3n) is 5.01. The number of carbonyl (C=O) groups excluding carboxylic acids is 1. The number of aliphatic carboxylic acids is 1. The predicted molar refractivity (Wildman–Crippen MR) is 87.1 cm³/mol. The maximum atomic E-state index is 12.6. The van der Waals surface area contributed by atoms with E-state index in [9.17, 15) is 14.7 Å². The fourth-order valence-electron chi connectivity index (χ4n) is 3.90. The van der Waals surface area contributed by atoms with Crippen LogP contribution in [0.3, 0.4) is 0 Å². The molecular formula is C18H20N2O4. The minimum atomic E-state index is -1.15. The molecule has 0 spiro atoms. The molecule has 0 bridgehead atoms. The van der Waals surface area contributed by atoms with Gasteiger partial charge in [-0.3, -0.25) is 9.80 Å². The number of hydrogen-bond acceptors (Lipinski definition) is 5. The second-order valence-corrected chi connectivity index (χ2v) is 6.52. The second-order valence-electron chi connectivity index (χ2n) is 6.52. The molecule has 0 radical (unpaired) electrons. The summed E-state index contributed by atoms with van der Waals surface area (Å²) in [7, 11) is 0. The summed E-state index contributed by atoms with van der Waals surface area (Å²) in [5.41, 5.74) is 2.60. The van der Waals surface area contributed by atoms with Crippen molar-refractivity contribution in [1.29, 1.82) is 0 Å². The van der Waals surface area contributed by atoms with Crippen molar-refractivity contribution in [2.75, 3.05) is 13.1 Å². The van der Waals surface area contributed by atoms with Gasteiger partial charge in [-0.2, -0.15) is 0 Å². The van der Waals surface area contributed by atoms with Crippen LogP contribution in [0.4, 0.5) is 0 Å². The van der Waals surface area contributed by atoms with E-state index < -0.39 is 12.0 Å². The number of hydrazine groups is 1. The highest BCUT2D eigenvalue weighted by molar-refractivity contribution is 6.07. The standard InChI is InChI=1S/C18H20N2O4/c1-11-13-10-14(21)17(18(22)23)20(19-8-4-5-9-19)16(13)12-6-2-3-7-15(12)24-11/h2-3,6-7,11,17H,4-5,8-10H2,1H3,(H,22,23). The lowest BCUT2D eigenvalue weighted by Crippen LogP contribution is -2.57. The van der Waals surface area contributed by atoms with Crippen LogP contribution in [0.15, 0.2) is 29.8 Å². The van der Waals surface area contributed by atoms with Crippen LogP contribution in [0.25, 0.3) is 5.70 Å². The van der Waals surface area contributed by atoms with Crippen molar-refractivity contribution in [3.05, 3.63) is 35.4 Å². The van der Waals surface area contributed by atoms with Gasteiger partial charge >= 0.3 is 5.97 Å². The molecule has 1 aromatic rings. The Hall–Kier alpha value is -2.34. The molecule has 6 heteroatoms. The number of hydrogen-bond donors (Lipinski definition) is 1. The van der Waals surface area contributed by atoms with Crippen LogP contribution in [0, 0.1) is 0 Å². The number of ether oxygens (including phenoxy) is 1. The molecule has 0 aromatic heterocycles. The number of rotatable bonds is 2. The number of para-hydroxylation sites is 1. The second kappa shape index (κ2) is 5.63. The number of ketones is 1. The van der Waals surface area contributed by atoms with E-state index in [1.165, 1.54) is 0 Å². The van der Waals surface area contributed by atoms with Crippen molar-refractivity contribution in [2.45, 2.75) is 38.3 Å². The molecule has 24 heavy (non-hydrogen) atoms. The first kappa shape index (κ1) is 15.2. The first-order valence-electron chi connectivity index (χ1n) is 8.36. The van der Waals surface area contributed by atoms with E-state index in [0.717, 1.165) is 48.5 Å². The Kier molecular flexibility index (Phi) is 3.57. The zero-order valence-electron chi connectivity index (χ0n) is 13.6. The molecule has 0 saturated carbocycles. The zero-order chi connectivity index (χ0) is 16.8. The van der Waals surface area contributed by atoms with E-state index in [4.69, 9.17) is 4.74 Å². The quantitative estimate of drug-likeness (QED) is 0.837. The summed E-state index contributed by atoms with van der Waals surface area (Å²) in [5, 5.41) is 13.4. The van der Waals surface area contributed by atoms with Crippen molar-refractivity contribution in [3.8, 4) is 5.75 Å². The highest BCUT2D eigenvalue weighted by Crippen LogP contribution is 2.43. The largest absolute Gasteiger partial charge is 0.486 e. The molecular weight excluding hydrogens is 308 g/mol. The first-order valence-corrected chi connectivity index (χ1v) is 8.36. The van der Waals surface area contributed by atoms with Gasteiger partial charge in [0.1, 0.15) is 11.9 Å². The van der Waals surface area contributed by atoms with Gasteiger partial charge in [-0.1, -0.05) is 12.1 Å². The number of carbonyl (C=O) groups is 2. The van der Waals surface area contributed by atoms with Crippen LogP contribution in [0.1, 0.15) is 31.7 Å². The molecule has 1 saturated heterocycles. The van der Waals surface area contributed by atoms with Crippen molar-refractivity contribution in [2.24, 2.45) is 0 Å². The number of nitrogens with zero attached hydrogens (tertiary/aromatic N) is 2. The molecule has 2 unspecified atom stereocenters. The number of benzene rings is 1. The normalized spacial score (nSPS) is 26.9. The van der Waals surface area contributed by atoms with E-state index in [1.807, 2.05) is 36.2 Å². The molecule has 6 nitrogen and oxygen atoms in total. The van der Waals surface area contributed by atoms with Gasteiger partial charge in [0.25, 0.3) is 0 Å². The topological polar surface area (TPSA) is 70.1 Å². The van der Waals surface area contributed by atoms with Gasteiger partial charge in [-0.15, -0.1) is 0 Å². The molecule has 0 amide bonds. The summed E-state index contributed by atoms with van der Waals surface area (Å²) in [5.74, 6) is -0.621. The summed E-state index contributed by atoms with van der Waals surface area (Å²) in [6.45, 7) is 3.46. The average Bonchev–Trinajstić information content (AvgIpc) is 3.08. The van der Waals surface area contributed by atoms with Crippen LogP contribution < -0.4 is 4.74 Å². The maximum absolute atomic E-state index is 12.6. The van der Waals surface area contributed by atoms with Crippen LogP contribution >= 0.6 is 0 Å². The van der Waals surface area contributed by atoms with Crippen LogP contribution in [0.2, 0.25) is 0 Å². The molecule has 3 heterocycles. The number of carboxylic acid groups (broad SMARTS) is 1. The van der Waals surface area contributed by atoms with Gasteiger partial charge in [0.2, 0.25) is 6.04 Å². The van der Waals surface area contributed by atoms with Crippen molar-refractivity contribution < 1.29 is 19.4 Å². The Morgan fingerprint density at radius 2 is 1.96 bits per heavy atom. The molecule has 3 aliphatic heterocycles. The minimum Gasteiger partial charge on any atom is -0.486 e. The molecule has 0 aliphatic carbocycles. The lowest BCUT2D eigenvalue weighted by Gasteiger charge is -2.45. The van der Waals surface area contributed by atoms with Gasteiger partial charge in [-0.05, 0) is 31.9 Å². The molecule has 3 aliphatic rings. The molecule has 1 aromatic carbocycles. The van der Waals surface area contributed by atoms with E-state index in [2.05, 4.69) is 0 Å². The highest BCUT2D eigenvalue weighted by Gasteiger charge is 2.46. The summed E-state index contributed by atoms with van der Waals surface area (Å²) in [4.78, 5) is 24.4. The number of carboxylic acids is 1. The van der Waals surface area contributed by atoms with E-state index in [1.54, 1.807) is 5.01 Å².